The van der Waals surface area contributed by atoms with Crippen molar-refractivity contribution in [1.29, 1.82) is 0 Å². The largest absolute Gasteiger partial charge is 0.496 e. The van der Waals surface area contributed by atoms with E-state index in [1.807, 2.05) is 0 Å². The molecule has 106 valence electrons. The van der Waals surface area contributed by atoms with Crippen LogP contribution < -0.4 is 10.5 Å². The third-order valence-electron chi connectivity index (χ3n) is 4.71. The third kappa shape index (κ3) is 2.92. The van der Waals surface area contributed by atoms with Gasteiger partial charge in [-0.15, -0.1) is 0 Å². The molecule has 2 rings (SSSR count). The fraction of sp³-hybridized carbons (Fsp3) is 0.625. The minimum absolute atomic E-state index is 0.252. The second kappa shape index (κ2) is 5.91. The van der Waals surface area contributed by atoms with Gasteiger partial charge >= 0.3 is 0 Å². The van der Waals surface area contributed by atoms with E-state index in [1.165, 1.54) is 12.5 Å². The van der Waals surface area contributed by atoms with Gasteiger partial charge in [-0.05, 0) is 42.7 Å². The normalized spacial score (nSPS) is 29.0. The van der Waals surface area contributed by atoms with E-state index in [0.717, 1.165) is 18.8 Å². The number of ether oxygens (including phenoxy) is 1. The first-order chi connectivity index (χ1) is 9.04. The summed E-state index contributed by atoms with van der Waals surface area (Å²) in [6.45, 7) is 4.55. The average molecular weight is 265 g/mol. The second-order valence-corrected chi connectivity index (χ2v) is 5.91. The summed E-state index contributed by atoms with van der Waals surface area (Å²) in [6.07, 6.45) is 3.32. The van der Waals surface area contributed by atoms with E-state index >= 15 is 0 Å². The molecule has 1 saturated carbocycles. The molecule has 3 heteroatoms. The molecule has 1 aromatic rings. The summed E-state index contributed by atoms with van der Waals surface area (Å²) in [6, 6.07) is 4.64. The monoisotopic (exact) mass is 265 g/mol. The van der Waals surface area contributed by atoms with E-state index in [0.29, 0.717) is 23.1 Å². The van der Waals surface area contributed by atoms with Crippen LogP contribution in [0, 0.1) is 23.6 Å². The van der Waals surface area contributed by atoms with E-state index in [-0.39, 0.29) is 11.9 Å². The molecule has 4 unspecified atom stereocenters. The van der Waals surface area contributed by atoms with E-state index in [9.17, 15) is 4.39 Å². The maximum Gasteiger partial charge on any atom is 0.131 e. The average Bonchev–Trinajstić information content (AvgIpc) is 2.40. The maximum absolute atomic E-state index is 14.1. The van der Waals surface area contributed by atoms with Gasteiger partial charge in [0.25, 0.3) is 0 Å². The number of methoxy groups -OCH3 is 1. The summed E-state index contributed by atoms with van der Waals surface area (Å²) in [7, 11) is 1.57. The Morgan fingerprint density at radius 3 is 2.63 bits per heavy atom. The topological polar surface area (TPSA) is 35.2 Å². The van der Waals surface area contributed by atoms with Crippen LogP contribution in [-0.2, 0) is 0 Å². The van der Waals surface area contributed by atoms with Gasteiger partial charge in [-0.25, -0.2) is 4.39 Å². The number of hydrogen-bond donors (Lipinski definition) is 1. The molecule has 0 aromatic heterocycles. The number of halogens is 1. The van der Waals surface area contributed by atoms with E-state index in [4.69, 9.17) is 10.5 Å². The van der Waals surface area contributed by atoms with Crippen molar-refractivity contribution < 1.29 is 9.13 Å². The van der Waals surface area contributed by atoms with Crippen molar-refractivity contribution in [3.8, 4) is 5.75 Å². The van der Waals surface area contributed by atoms with Gasteiger partial charge in [0.05, 0.1) is 7.11 Å². The molecule has 0 bridgehead atoms. The molecule has 0 saturated heterocycles. The van der Waals surface area contributed by atoms with E-state index < -0.39 is 0 Å². The molecule has 0 heterocycles. The molecular formula is C16H24FNO. The molecule has 1 aliphatic carbocycles. The van der Waals surface area contributed by atoms with Gasteiger partial charge in [0.2, 0.25) is 0 Å². The lowest BCUT2D eigenvalue weighted by Crippen LogP contribution is -2.30. The summed E-state index contributed by atoms with van der Waals surface area (Å²) in [5, 5.41) is 0. The minimum Gasteiger partial charge on any atom is -0.496 e. The summed E-state index contributed by atoms with van der Waals surface area (Å²) in [5.74, 6) is 2.06. The van der Waals surface area contributed by atoms with Crippen molar-refractivity contribution in [3.05, 3.63) is 29.6 Å². The number of benzene rings is 1. The number of hydrogen-bond acceptors (Lipinski definition) is 2. The molecule has 2 nitrogen and oxygen atoms in total. The highest BCUT2D eigenvalue weighted by atomic mass is 19.1. The second-order valence-electron chi connectivity index (χ2n) is 5.91. The molecule has 0 spiro atoms. The van der Waals surface area contributed by atoms with Gasteiger partial charge in [-0.3, -0.25) is 0 Å². The van der Waals surface area contributed by atoms with Crippen LogP contribution >= 0.6 is 0 Å². The number of nitrogens with two attached hydrogens (primary N) is 1. The summed E-state index contributed by atoms with van der Waals surface area (Å²) >= 11 is 0. The first kappa shape index (κ1) is 14.3. The highest BCUT2D eigenvalue weighted by molar-refractivity contribution is 5.37. The van der Waals surface area contributed by atoms with Crippen LogP contribution in [0.15, 0.2) is 18.2 Å². The molecule has 0 radical (unpaired) electrons. The fourth-order valence-electron chi connectivity index (χ4n) is 3.17. The Hall–Kier alpha value is -1.09. The Labute approximate surface area is 115 Å². The molecule has 1 fully saturated rings. The van der Waals surface area contributed by atoms with Crippen molar-refractivity contribution in [2.24, 2.45) is 23.5 Å². The van der Waals surface area contributed by atoms with Gasteiger partial charge in [-0.1, -0.05) is 26.3 Å². The Morgan fingerprint density at radius 2 is 2.00 bits per heavy atom. The van der Waals surface area contributed by atoms with Gasteiger partial charge in [0.15, 0.2) is 0 Å². The van der Waals surface area contributed by atoms with Crippen molar-refractivity contribution in [3.63, 3.8) is 0 Å². The lowest BCUT2D eigenvalue weighted by molar-refractivity contribution is 0.183. The molecule has 1 aliphatic rings. The highest BCUT2D eigenvalue weighted by Crippen LogP contribution is 2.41. The first-order valence-corrected chi connectivity index (χ1v) is 7.12. The lowest BCUT2D eigenvalue weighted by Gasteiger charge is -2.35. The van der Waals surface area contributed by atoms with Crippen LogP contribution in [0.1, 0.15) is 44.7 Å². The highest BCUT2D eigenvalue weighted by Gasteiger charge is 2.31. The Balaban J connectivity index is 2.22. The zero-order valence-corrected chi connectivity index (χ0v) is 12.0. The maximum atomic E-state index is 14.1. The van der Waals surface area contributed by atoms with Crippen molar-refractivity contribution in [1.82, 2.24) is 0 Å². The van der Waals surface area contributed by atoms with Crippen LogP contribution in [0.5, 0.6) is 5.75 Å². The molecule has 19 heavy (non-hydrogen) atoms. The molecule has 4 atom stereocenters. The molecular weight excluding hydrogens is 241 g/mol. The molecule has 1 aromatic carbocycles. The Morgan fingerprint density at radius 1 is 1.26 bits per heavy atom. The zero-order chi connectivity index (χ0) is 14.0. The predicted octanol–water partition coefficient (Wildman–Crippen LogP) is 3.91. The molecule has 0 amide bonds. The smallest absolute Gasteiger partial charge is 0.131 e. The third-order valence-corrected chi connectivity index (χ3v) is 4.71. The first-order valence-electron chi connectivity index (χ1n) is 7.12. The van der Waals surface area contributed by atoms with Crippen LogP contribution in [0.25, 0.3) is 0 Å². The van der Waals surface area contributed by atoms with Crippen LogP contribution in [0.4, 0.5) is 4.39 Å². The standard InChI is InChI=1S/C16H24FNO/c1-10-7-8-12(9-11(10)2)16(18)15-13(17)5-4-6-14(15)19-3/h4-6,10-12,16H,7-9,18H2,1-3H3. The van der Waals surface area contributed by atoms with Gasteiger partial charge in [-0.2, -0.15) is 0 Å². The van der Waals surface area contributed by atoms with Crippen molar-refractivity contribution in [2.75, 3.05) is 7.11 Å². The molecule has 0 aliphatic heterocycles. The quantitative estimate of drug-likeness (QED) is 0.899. The van der Waals surface area contributed by atoms with Gasteiger partial charge in [0.1, 0.15) is 11.6 Å². The van der Waals surface area contributed by atoms with Gasteiger partial charge < -0.3 is 10.5 Å². The molecule has 2 N–H and O–H groups in total. The summed E-state index contributed by atoms with van der Waals surface area (Å²) in [4.78, 5) is 0. The number of rotatable bonds is 3. The van der Waals surface area contributed by atoms with Crippen molar-refractivity contribution in [2.45, 2.75) is 39.2 Å². The Bertz CT molecular complexity index is 435. The SMILES string of the molecule is COc1cccc(F)c1C(N)C1CCC(C)C(C)C1. The summed E-state index contributed by atoms with van der Waals surface area (Å²) < 4.78 is 19.3. The van der Waals surface area contributed by atoms with Crippen molar-refractivity contribution >= 4 is 0 Å². The van der Waals surface area contributed by atoms with Crippen LogP contribution in [-0.4, -0.2) is 7.11 Å². The van der Waals surface area contributed by atoms with Crippen LogP contribution in [0.2, 0.25) is 0 Å². The van der Waals surface area contributed by atoms with Gasteiger partial charge in [0, 0.05) is 11.6 Å². The van der Waals surface area contributed by atoms with E-state index in [2.05, 4.69) is 13.8 Å². The zero-order valence-electron chi connectivity index (χ0n) is 12.0. The van der Waals surface area contributed by atoms with Crippen LogP contribution in [0.3, 0.4) is 0 Å². The predicted molar refractivity (Wildman–Crippen MR) is 75.5 cm³/mol. The van der Waals surface area contributed by atoms with E-state index in [1.54, 1.807) is 19.2 Å². The Kier molecular flexibility index (Phi) is 4.46. The minimum atomic E-state index is -0.272. The summed E-state index contributed by atoms with van der Waals surface area (Å²) in [5.41, 5.74) is 6.87. The fourth-order valence-corrected chi connectivity index (χ4v) is 3.17. The lowest BCUT2D eigenvalue weighted by atomic mass is 9.72.